The van der Waals surface area contributed by atoms with Crippen LogP contribution in [0.25, 0.3) is 0 Å². The first-order valence-electron chi connectivity index (χ1n) is 9.16. The lowest BCUT2D eigenvalue weighted by Crippen LogP contribution is -2.36. The molecule has 1 aromatic heterocycles. The number of hydrogen-bond donors (Lipinski definition) is 3. The number of hydrogen-bond acceptors (Lipinski definition) is 4. The highest BCUT2D eigenvalue weighted by atomic mass is 127. The van der Waals surface area contributed by atoms with Gasteiger partial charge >= 0.3 is 0 Å². The Morgan fingerprint density at radius 3 is 2.61 bits per heavy atom. The molecule has 1 aromatic carbocycles. The van der Waals surface area contributed by atoms with Gasteiger partial charge in [-0.3, -0.25) is 4.79 Å². The molecule has 6 nitrogen and oxygen atoms in total. The second kappa shape index (κ2) is 13.4. The molecule has 8 heteroatoms. The number of thiophene rings is 1. The average molecular weight is 516 g/mol. The quantitative estimate of drug-likeness (QED) is 0.271. The molecule has 0 radical (unpaired) electrons. The summed E-state index contributed by atoms with van der Waals surface area (Å²) in [6.07, 6.45) is 0. The molecular weight excluding hydrogens is 487 g/mol. The topological polar surface area (TPSA) is 74.8 Å². The van der Waals surface area contributed by atoms with E-state index in [9.17, 15) is 4.79 Å². The Hall–Kier alpha value is -1.81. The summed E-state index contributed by atoms with van der Waals surface area (Å²) in [6, 6.07) is 9.78. The molecule has 0 aliphatic rings. The smallest absolute Gasteiger partial charge is 0.257 e. The number of carbonyl (C=O) groups excluding carboxylic acids is 1. The number of amides is 1. The molecule has 1 heterocycles. The molecule has 28 heavy (non-hydrogen) atoms. The van der Waals surface area contributed by atoms with E-state index in [1.807, 2.05) is 38.1 Å². The summed E-state index contributed by atoms with van der Waals surface area (Å²) in [6.45, 7) is 8.74. The maximum Gasteiger partial charge on any atom is 0.257 e. The zero-order valence-electron chi connectivity index (χ0n) is 16.6. The molecule has 0 bridgehead atoms. The van der Waals surface area contributed by atoms with Crippen molar-refractivity contribution in [2.24, 2.45) is 4.99 Å². The van der Waals surface area contributed by atoms with Crippen molar-refractivity contribution in [3.8, 4) is 5.75 Å². The van der Waals surface area contributed by atoms with Crippen LogP contribution in [-0.4, -0.2) is 31.6 Å². The number of aliphatic imine (C=N–C) groups is 1. The summed E-state index contributed by atoms with van der Waals surface area (Å²) >= 11 is 1.74. The first kappa shape index (κ1) is 24.2. The summed E-state index contributed by atoms with van der Waals surface area (Å²) in [5, 5.41) is 11.4. The van der Waals surface area contributed by atoms with Gasteiger partial charge in [-0.1, -0.05) is 12.1 Å². The van der Waals surface area contributed by atoms with Gasteiger partial charge in [0.15, 0.2) is 12.6 Å². The van der Waals surface area contributed by atoms with Crippen LogP contribution in [0.1, 0.15) is 29.9 Å². The SMILES string of the molecule is CCNC(=O)COc1cccc(CN=C(NCC)NCc2sccc2C)c1.I. The van der Waals surface area contributed by atoms with Gasteiger partial charge < -0.3 is 20.7 Å². The molecule has 3 N–H and O–H groups in total. The van der Waals surface area contributed by atoms with E-state index in [1.54, 1.807) is 11.3 Å². The van der Waals surface area contributed by atoms with Gasteiger partial charge in [-0.2, -0.15) is 0 Å². The van der Waals surface area contributed by atoms with Crippen LogP contribution in [0.5, 0.6) is 5.75 Å². The first-order chi connectivity index (χ1) is 13.1. The summed E-state index contributed by atoms with van der Waals surface area (Å²) in [5.74, 6) is 1.32. The molecule has 0 atom stereocenters. The van der Waals surface area contributed by atoms with Crippen LogP contribution in [0, 0.1) is 6.92 Å². The Morgan fingerprint density at radius 1 is 1.14 bits per heavy atom. The lowest BCUT2D eigenvalue weighted by atomic mass is 10.2. The predicted octanol–water partition coefficient (Wildman–Crippen LogP) is 3.44. The van der Waals surface area contributed by atoms with Gasteiger partial charge in [0.1, 0.15) is 5.75 Å². The first-order valence-corrected chi connectivity index (χ1v) is 10.0. The molecule has 0 saturated heterocycles. The van der Waals surface area contributed by atoms with Crippen LogP contribution in [-0.2, 0) is 17.9 Å². The second-order valence-electron chi connectivity index (χ2n) is 5.97. The van der Waals surface area contributed by atoms with E-state index in [0.717, 1.165) is 24.6 Å². The monoisotopic (exact) mass is 516 g/mol. The summed E-state index contributed by atoms with van der Waals surface area (Å²) < 4.78 is 5.53. The molecular formula is C20H29IN4O2S. The Labute approximate surface area is 188 Å². The highest BCUT2D eigenvalue weighted by molar-refractivity contribution is 14.0. The van der Waals surface area contributed by atoms with Crippen LogP contribution in [0.15, 0.2) is 40.7 Å². The third-order valence-electron chi connectivity index (χ3n) is 3.79. The van der Waals surface area contributed by atoms with E-state index >= 15 is 0 Å². The summed E-state index contributed by atoms with van der Waals surface area (Å²) in [5.41, 5.74) is 2.31. The molecule has 2 aromatic rings. The Bertz CT molecular complexity index is 764. The Balaban J connectivity index is 0.00000392. The van der Waals surface area contributed by atoms with Crippen LogP contribution in [0.4, 0.5) is 0 Å². The normalized spacial score (nSPS) is 10.8. The van der Waals surface area contributed by atoms with Crippen molar-refractivity contribution in [3.63, 3.8) is 0 Å². The zero-order valence-corrected chi connectivity index (χ0v) is 19.7. The number of likely N-dealkylation sites (N-methyl/N-ethyl adjacent to an activating group) is 1. The van der Waals surface area contributed by atoms with Crippen LogP contribution >= 0.6 is 35.3 Å². The summed E-state index contributed by atoms with van der Waals surface area (Å²) in [4.78, 5) is 17.5. The highest BCUT2D eigenvalue weighted by Gasteiger charge is 2.04. The van der Waals surface area contributed by atoms with E-state index in [4.69, 9.17) is 4.74 Å². The van der Waals surface area contributed by atoms with Crippen molar-refractivity contribution < 1.29 is 9.53 Å². The fraction of sp³-hybridized carbons (Fsp3) is 0.400. The van der Waals surface area contributed by atoms with Crippen molar-refractivity contribution >= 4 is 47.2 Å². The number of nitrogens with zero attached hydrogens (tertiary/aromatic N) is 1. The minimum Gasteiger partial charge on any atom is -0.484 e. The number of halogens is 1. The molecule has 1 amide bonds. The minimum atomic E-state index is -0.122. The Morgan fingerprint density at radius 2 is 1.93 bits per heavy atom. The van der Waals surface area contributed by atoms with Crippen LogP contribution < -0.4 is 20.7 Å². The summed E-state index contributed by atoms with van der Waals surface area (Å²) in [7, 11) is 0. The van der Waals surface area contributed by atoms with E-state index in [1.165, 1.54) is 10.4 Å². The van der Waals surface area contributed by atoms with Crippen molar-refractivity contribution in [1.82, 2.24) is 16.0 Å². The minimum absolute atomic E-state index is 0. The molecule has 0 aliphatic carbocycles. The van der Waals surface area contributed by atoms with E-state index in [-0.39, 0.29) is 36.5 Å². The van der Waals surface area contributed by atoms with E-state index in [2.05, 4.69) is 39.3 Å². The third-order valence-corrected chi connectivity index (χ3v) is 4.81. The Kier molecular flexibility index (Phi) is 11.6. The molecule has 0 spiro atoms. The number of ether oxygens (including phenoxy) is 1. The number of aryl methyl sites for hydroxylation is 1. The predicted molar refractivity (Wildman–Crippen MR) is 127 cm³/mol. The molecule has 0 fully saturated rings. The fourth-order valence-electron chi connectivity index (χ4n) is 2.39. The van der Waals surface area contributed by atoms with Crippen LogP contribution in [0.2, 0.25) is 0 Å². The number of rotatable bonds is 9. The van der Waals surface area contributed by atoms with Gasteiger partial charge in [-0.25, -0.2) is 4.99 Å². The maximum absolute atomic E-state index is 11.5. The molecule has 154 valence electrons. The van der Waals surface area contributed by atoms with Gasteiger partial charge in [0.05, 0.1) is 13.1 Å². The van der Waals surface area contributed by atoms with Crippen molar-refractivity contribution in [1.29, 1.82) is 0 Å². The van der Waals surface area contributed by atoms with Gasteiger partial charge in [0.25, 0.3) is 5.91 Å². The molecule has 0 unspecified atom stereocenters. The lowest BCUT2D eigenvalue weighted by Gasteiger charge is -2.11. The fourth-order valence-corrected chi connectivity index (χ4v) is 3.24. The number of nitrogens with one attached hydrogen (secondary N) is 3. The lowest BCUT2D eigenvalue weighted by molar-refractivity contribution is -0.122. The third kappa shape index (κ3) is 8.47. The van der Waals surface area contributed by atoms with Gasteiger partial charge in [-0.05, 0) is 55.5 Å². The van der Waals surface area contributed by atoms with Gasteiger partial charge in [-0.15, -0.1) is 35.3 Å². The molecule has 2 rings (SSSR count). The average Bonchev–Trinajstić information content (AvgIpc) is 3.08. The molecule has 0 saturated carbocycles. The van der Waals surface area contributed by atoms with Crippen molar-refractivity contribution in [3.05, 3.63) is 51.7 Å². The second-order valence-corrected chi connectivity index (χ2v) is 6.97. The van der Waals surface area contributed by atoms with Gasteiger partial charge in [0, 0.05) is 18.0 Å². The van der Waals surface area contributed by atoms with Crippen molar-refractivity contribution in [2.75, 3.05) is 19.7 Å². The highest BCUT2D eigenvalue weighted by Crippen LogP contribution is 2.15. The number of carbonyl (C=O) groups is 1. The standard InChI is InChI=1S/C20H28N4O2S.HI/c1-4-21-19(25)14-26-17-8-6-7-16(11-17)12-23-20(22-5-2)24-13-18-15(3)9-10-27-18;/h6-11H,4-5,12-14H2,1-3H3,(H,21,25)(H2,22,23,24);1H. The van der Waals surface area contributed by atoms with Crippen molar-refractivity contribution in [2.45, 2.75) is 33.9 Å². The van der Waals surface area contributed by atoms with E-state index < -0.39 is 0 Å². The van der Waals surface area contributed by atoms with E-state index in [0.29, 0.717) is 18.8 Å². The van der Waals surface area contributed by atoms with Gasteiger partial charge in [0.2, 0.25) is 0 Å². The largest absolute Gasteiger partial charge is 0.484 e. The zero-order chi connectivity index (χ0) is 19.5. The molecule has 0 aliphatic heterocycles. The number of benzene rings is 1. The van der Waals surface area contributed by atoms with Crippen LogP contribution in [0.3, 0.4) is 0 Å². The maximum atomic E-state index is 11.5. The number of guanidine groups is 1.